The van der Waals surface area contributed by atoms with Gasteiger partial charge in [-0.1, -0.05) is 0 Å². The Bertz CT molecular complexity index is 396. The number of aromatic nitrogens is 1. The van der Waals surface area contributed by atoms with Gasteiger partial charge < -0.3 is 10.0 Å². The number of pyridine rings is 1. The number of rotatable bonds is 3. The first kappa shape index (κ1) is 12.0. The summed E-state index contributed by atoms with van der Waals surface area (Å²) in [5.74, 6) is 0.441. The van der Waals surface area contributed by atoms with Crippen LogP contribution in [0.3, 0.4) is 0 Å². The van der Waals surface area contributed by atoms with Gasteiger partial charge >= 0.3 is 0 Å². The highest BCUT2D eigenvalue weighted by molar-refractivity contribution is 5.93. The molecule has 4 nitrogen and oxygen atoms in total. The number of hydrogen-bond acceptors (Lipinski definition) is 3. The smallest absolute Gasteiger partial charge is 0.255 e. The second-order valence-electron chi connectivity index (χ2n) is 4.87. The SMILES string of the molecule is Cc1ccc(C(=O)N(C)CC2CC(O)C2)cn1. The molecule has 1 fully saturated rings. The summed E-state index contributed by atoms with van der Waals surface area (Å²) in [5.41, 5.74) is 1.53. The van der Waals surface area contributed by atoms with Crippen LogP contribution in [0.5, 0.6) is 0 Å². The van der Waals surface area contributed by atoms with Crippen molar-refractivity contribution in [1.82, 2.24) is 9.88 Å². The fraction of sp³-hybridized carbons (Fsp3) is 0.538. The second kappa shape index (κ2) is 4.84. The van der Waals surface area contributed by atoms with Crippen LogP contribution < -0.4 is 0 Å². The molecular formula is C13H18N2O2. The Morgan fingerprint density at radius 1 is 1.53 bits per heavy atom. The monoisotopic (exact) mass is 234 g/mol. The summed E-state index contributed by atoms with van der Waals surface area (Å²) in [6.45, 7) is 2.61. The van der Waals surface area contributed by atoms with Crippen LogP contribution in [0.2, 0.25) is 0 Å². The van der Waals surface area contributed by atoms with Crippen LogP contribution in [0, 0.1) is 12.8 Å². The van der Waals surface area contributed by atoms with Gasteiger partial charge in [-0.2, -0.15) is 0 Å². The Labute approximate surface area is 101 Å². The van der Waals surface area contributed by atoms with Gasteiger partial charge in [-0.15, -0.1) is 0 Å². The molecule has 1 aliphatic carbocycles. The highest BCUT2D eigenvalue weighted by Crippen LogP contribution is 2.27. The molecule has 1 aromatic heterocycles. The van der Waals surface area contributed by atoms with Gasteiger partial charge in [0.2, 0.25) is 0 Å². The van der Waals surface area contributed by atoms with Crippen LogP contribution in [0.15, 0.2) is 18.3 Å². The third kappa shape index (κ3) is 2.82. The minimum Gasteiger partial charge on any atom is -0.393 e. The standard InChI is InChI=1S/C13H18N2O2/c1-9-3-4-11(7-14-9)13(17)15(2)8-10-5-12(16)6-10/h3-4,7,10,12,16H,5-6,8H2,1-2H3. The van der Waals surface area contributed by atoms with Crippen LogP contribution in [0.25, 0.3) is 0 Å². The normalized spacial score (nSPS) is 23.0. The molecule has 1 heterocycles. The van der Waals surface area contributed by atoms with Gasteiger partial charge in [0.15, 0.2) is 0 Å². The van der Waals surface area contributed by atoms with Gasteiger partial charge in [0, 0.05) is 25.5 Å². The Kier molecular flexibility index (Phi) is 3.43. The van der Waals surface area contributed by atoms with Crippen molar-refractivity contribution in [3.63, 3.8) is 0 Å². The number of hydrogen-bond donors (Lipinski definition) is 1. The Morgan fingerprint density at radius 2 is 2.24 bits per heavy atom. The van der Waals surface area contributed by atoms with E-state index in [0.29, 0.717) is 18.0 Å². The average molecular weight is 234 g/mol. The fourth-order valence-electron chi connectivity index (χ4n) is 2.13. The van der Waals surface area contributed by atoms with Gasteiger partial charge in [-0.3, -0.25) is 9.78 Å². The van der Waals surface area contributed by atoms with E-state index in [9.17, 15) is 9.90 Å². The molecule has 0 spiro atoms. The summed E-state index contributed by atoms with van der Waals surface area (Å²) in [6, 6.07) is 3.64. The summed E-state index contributed by atoms with van der Waals surface area (Å²) in [4.78, 5) is 17.9. The number of aryl methyl sites for hydroxylation is 1. The highest BCUT2D eigenvalue weighted by atomic mass is 16.3. The first-order valence-electron chi connectivity index (χ1n) is 5.92. The predicted octanol–water partition coefficient (Wildman–Crippen LogP) is 1.23. The molecule has 1 N–H and O–H groups in total. The first-order chi connectivity index (χ1) is 8.06. The molecule has 2 rings (SSSR count). The van der Waals surface area contributed by atoms with Crippen molar-refractivity contribution in [3.05, 3.63) is 29.6 Å². The number of aliphatic hydroxyl groups is 1. The Hall–Kier alpha value is -1.42. The van der Waals surface area contributed by atoms with Gasteiger partial charge in [0.05, 0.1) is 11.7 Å². The molecule has 0 aromatic carbocycles. The minimum absolute atomic E-state index is 0.00103. The summed E-state index contributed by atoms with van der Waals surface area (Å²) in [5, 5.41) is 9.20. The van der Waals surface area contributed by atoms with Crippen molar-refractivity contribution in [3.8, 4) is 0 Å². The van der Waals surface area contributed by atoms with Crippen molar-refractivity contribution in [2.24, 2.45) is 5.92 Å². The molecule has 0 radical (unpaired) electrons. The molecular weight excluding hydrogens is 216 g/mol. The predicted molar refractivity (Wildman–Crippen MR) is 64.7 cm³/mol. The molecule has 92 valence electrons. The van der Waals surface area contributed by atoms with Crippen molar-refractivity contribution in [2.45, 2.75) is 25.9 Å². The zero-order chi connectivity index (χ0) is 12.4. The van der Waals surface area contributed by atoms with E-state index in [1.54, 1.807) is 24.2 Å². The largest absolute Gasteiger partial charge is 0.393 e. The average Bonchev–Trinajstić information content (AvgIpc) is 2.27. The van der Waals surface area contributed by atoms with E-state index < -0.39 is 0 Å². The quantitative estimate of drug-likeness (QED) is 0.856. The Morgan fingerprint density at radius 3 is 2.76 bits per heavy atom. The molecule has 1 amide bonds. The van der Waals surface area contributed by atoms with E-state index in [2.05, 4.69) is 4.98 Å². The molecule has 1 saturated carbocycles. The van der Waals surface area contributed by atoms with Gasteiger partial charge in [-0.05, 0) is 37.8 Å². The van der Waals surface area contributed by atoms with Crippen molar-refractivity contribution in [1.29, 1.82) is 0 Å². The first-order valence-corrected chi connectivity index (χ1v) is 5.92. The lowest BCUT2D eigenvalue weighted by atomic mass is 9.82. The maximum absolute atomic E-state index is 12.0. The summed E-state index contributed by atoms with van der Waals surface area (Å²) >= 11 is 0. The molecule has 4 heteroatoms. The molecule has 0 unspecified atom stereocenters. The van der Waals surface area contributed by atoms with Crippen LogP contribution in [0.1, 0.15) is 28.9 Å². The topological polar surface area (TPSA) is 53.4 Å². The van der Waals surface area contributed by atoms with Gasteiger partial charge in [0.25, 0.3) is 5.91 Å². The minimum atomic E-state index is -0.162. The van der Waals surface area contributed by atoms with Crippen LogP contribution in [-0.4, -0.2) is 40.6 Å². The molecule has 17 heavy (non-hydrogen) atoms. The zero-order valence-electron chi connectivity index (χ0n) is 10.3. The summed E-state index contributed by atoms with van der Waals surface area (Å²) in [7, 11) is 1.80. The van der Waals surface area contributed by atoms with E-state index in [1.807, 2.05) is 13.0 Å². The number of amides is 1. The zero-order valence-corrected chi connectivity index (χ0v) is 10.3. The number of carbonyl (C=O) groups is 1. The third-order valence-corrected chi connectivity index (χ3v) is 3.25. The lowest BCUT2D eigenvalue weighted by Crippen LogP contribution is -2.39. The third-order valence-electron chi connectivity index (χ3n) is 3.25. The number of carbonyl (C=O) groups excluding carboxylic acids is 1. The number of nitrogens with zero attached hydrogens (tertiary/aromatic N) is 2. The van der Waals surface area contributed by atoms with Gasteiger partial charge in [0.1, 0.15) is 0 Å². The van der Waals surface area contributed by atoms with E-state index in [1.165, 1.54) is 0 Å². The summed E-state index contributed by atoms with van der Waals surface area (Å²) in [6.07, 6.45) is 3.07. The van der Waals surface area contributed by atoms with Crippen molar-refractivity contribution >= 4 is 5.91 Å². The molecule has 1 aromatic rings. The number of aliphatic hydroxyl groups excluding tert-OH is 1. The van der Waals surface area contributed by atoms with E-state index in [4.69, 9.17) is 0 Å². The van der Waals surface area contributed by atoms with Crippen LogP contribution in [-0.2, 0) is 0 Å². The lowest BCUT2D eigenvalue weighted by Gasteiger charge is -2.34. The maximum atomic E-state index is 12.0. The molecule has 0 bridgehead atoms. The molecule has 0 aliphatic heterocycles. The van der Waals surface area contributed by atoms with Crippen molar-refractivity contribution in [2.75, 3.05) is 13.6 Å². The summed E-state index contributed by atoms with van der Waals surface area (Å²) < 4.78 is 0. The van der Waals surface area contributed by atoms with E-state index >= 15 is 0 Å². The highest BCUT2D eigenvalue weighted by Gasteiger charge is 2.29. The van der Waals surface area contributed by atoms with Crippen LogP contribution in [0.4, 0.5) is 0 Å². The Balaban J connectivity index is 1.92. The second-order valence-corrected chi connectivity index (χ2v) is 4.87. The van der Waals surface area contributed by atoms with Gasteiger partial charge in [-0.25, -0.2) is 0 Å². The van der Waals surface area contributed by atoms with E-state index in [0.717, 1.165) is 18.5 Å². The lowest BCUT2D eigenvalue weighted by molar-refractivity contribution is 0.0265. The molecule has 0 atom stereocenters. The maximum Gasteiger partial charge on any atom is 0.255 e. The van der Waals surface area contributed by atoms with Crippen LogP contribution >= 0.6 is 0 Å². The fourth-order valence-corrected chi connectivity index (χ4v) is 2.13. The van der Waals surface area contributed by atoms with E-state index in [-0.39, 0.29) is 12.0 Å². The molecule has 1 aliphatic rings. The molecule has 0 saturated heterocycles. The van der Waals surface area contributed by atoms with Crippen molar-refractivity contribution < 1.29 is 9.90 Å².